The average molecular weight is 245 g/mol. The maximum atomic E-state index is 5.72. The van der Waals surface area contributed by atoms with Crippen molar-refractivity contribution in [3.8, 4) is 5.75 Å². The van der Waals surface area contributed by atoms with E-state index >= 15 is 0 Å². The number of nitrogens with zero attached hydrogens (tertiary/aromatic N) is 2. The molecule has 18 heavy (non-hydrogen) atoms. The van der Waals surface area contributed by atoms with Gasteiger partial charge >= 0.3 is 0 Å². The minimum Gasteiger partial charge on any atom is -0.493 e. The van der Waals surface area contributed by atoms with Crippen molar-refractivity contribution in [2.24, 2.45) is 0 Å². The van der Waals surface area contributed by atoms with E-state index in [1.807, 2.05) is 25.2 Å². The highest BCUT2D eigenvalue weighted by molar-refractivity contribution is 5.36. The smallest absolute Gasteiger partial charge is 0.240 e. The monoisotopic (exact) mass is 245 g/mol. The highest BCUT2D eigenvalue weighted by atomic mass is 16.5. The van der Waals surface area contributed by atoms with Crippen LogP contribution in [0.4, 0.5) is 0 Å². The number of aromatic nitrogens is 2. The standard InChI is InChI=1S/C13H15N3O2/c1-14-7-12-15-13(16-18-12)10-6-9-4-2-3-5-11(9)17-8-10/h2-5,10,14H,6-8H2,1H3. The molecule has 0 amide bonds. The third-order valence-corrected chi connectivity index (χ3v) is 3.06. The molecule has 2 aromatic rings. The Morgan fingerprint density at radius 3 is 3.17 bits per heavy atom. The Labute approximate surface area is 105 Å². The maximum Gasteiger partial charge on any atom is 0.240 e. The minimum absolute atomic E-state index is 0.175. The van der Waals surface area contributed by atoms with Crippen LogP contribution in [0.1, 0.15) is 23.2 Å². The zero-order valence-corrected chi connectivity index (χ0v) is 10.2. The van der Waals surface area contributed by atoms with Crippen LogP contribution in [0.25, 0.3) is 0 Å². The van der Waals surface area contributed by atoms with Gasteiger partial charge in [-0.05, 0) is 25.1 Å². The summed E-state index contributed by atoms with van der Waals surface area (Å²) in [6, 6.07) is 8.08. The first-order chi connectivity index (χ1) is 8.86. The summed E-state index contributed by atoms with van der Waals surface area (Å²) in [5, 5.41) is 7.01. The van der Waals surface area contributed by atoms with E-state index in [9.17, 15) is 0 Å². The summed E-state index contributed by atoms with van der Waals surface area (Å²) in [5.74, 6) is 2.49. The topological polar surface area (TPSA) is 60.2 Å². The molecule has 5 nitrogen and oxygen atoms in total. The van der Waals surface area contributed by atoms with E-state index in [4.69, 9.17) is 9.26 Å². The van der Waals surface area contributed by atoms with Crippen LogP contribution >= 0.6 is 0 Å². The van der Waals surface area contributed by atoms with Gasteiger partial charge in [0.15, 0.2) is 5.82 Å². The number of benzene rings is 1. The molecule has 1 aromatic carbocycles. The number of fused-ring (bicyclic) bond motifs is 1. The fraction of sp³-hybridized carbons (Fsp3) is 0.385. The van der Waals surface area contributed by atoms with Crippen molar-refractivity contribution in [2.75, 3.05) is 13.7 Å². The SMILES string of the molecule is CNCc1nc(C2COc3ccccc3C2)no1. The number of para-hydroxylation sites is 1. The zero-order valence-electron chi connectivity index (χ0n) is 10.2. The van der Waals surface area contributed by atoms with Gasteiger partial charge in [0.05, 0.1) is 19.1 Å². The quantitative estimate of drug-likeness (QED) is 0.888. The maximum absolute atomic E-state index is 5.72. The summed E-state index contributed by atoms with van der Waals surface area (Å²) >= 11 is 0. The van der Waals surface area contributed by atoms with Gasteiger partial charge < -0.3 is 14.6 Å². The second-order valence-corrected chi connectivity index (χ2v) is 4.40. The van der Waals surface area contributed by atoms with Crippen LogP contribution in [0, 0.1) is 0 Å². The zero-order chi connectivity index (χ0) is 12.4. The van der Waals surface area contributed by atoms with Gasteiger partial charge in [-0.15, -0.1) is 0 Å². The molecule has 1 aromatic heterocycles. The molecule has 1 atom stereocenters. The Kier molecular flexibility index (Phi) is 2.98. The molecule has 5 heteroatoms. The van der Waals surface area contributed by atoms with Crippen molar-refractivity contribution in [3.63, 3.8) is 0 Å². The fourth-order valence-corrected chi connectivity index (χ4v) is 2.15. The first kappa shape index (κ1) is 11.2. The molecule has 1 aliphatic heterocycles. The molecule has 1 aliphatic rings. The van der Waals surface area contributed by atoms with Gasteiger partial charge in [0.2, 0.25) is 5.89 Å². The van der Waals surface area contributed by atoms with E-state index in [1.165, 1.54) is 5.56 Å². The number of nitrogens with one attached hydrogen (secondary N) is 1. The van der Waals surface area contributed by atoms with Crippen molar-refractivity contribution < 1.29 is 9.26 Å². The van der Waals surface area contributed by atoms with Crippen LogP contribution in [0.2, 0.25) is 0 Å². The highest BCUT2D eigenvalue weighted by Gasteiger charge is 2.25. The largest absolute Gasteiger partial charge is 0.493 e. The predicted octanol–water partition coefficient (Wildman–Crippen LogP) is 1.51. The molecule has 94 valence electrons. The van der Waals surface area contributed by atoms with Gasteiger partial charge in [-0.2, -0.15) is 4.98 Å². The third kappa shape index (κ3) is 2.09. The fourth-order valence-electron chi connectivity index (χ4n) is 2.15. The Morgan fingerprint density at radius 1 is 1.39 bits per heavy atom. The molecule has 0 bridgehead atoms. The molecule has 1 unspecified atom stereocenters. The van der Waals surface area contributed by atoms with Gasteiger partial charge in [0.25, 0.3) is 0 Å². The minimum atomic E-state index is 0.175. The molecule has 0 spiro atoms. The van der Waals surface area contributed by atoms with E-state index in [2.05, 4.69) is 21.5 Å². The molecule has 0 saturated carbocycles. The van der Waals surface area contributed by atoms with Crippen LogP contribution in [-0.2, 0) is 13.0 Å². The van der Waals surface area contributed by atoms with Crippen LogP contribution < -0.4 is 10.1 Å². The molecule has 0 aliphatic carbocycles. The Morgan fingerprint density at radius 2 is 2.28 bits per heavy atom. The van der Waals surface area contributed by atoms with Crippen molar-refractivity contribution in [3.05, 3.63) is 41.5 Å². The summed E-state index contributed by atoms with van der Waals surface area (Å²) < 4.78 is 10.9. The van der Waals surface area contributed by atoms with Gasteiger partial charge in [-0.25, -0.2) is 0 Å². The van der Waals surface area contributed by atoms with E-state index in [0.717, 1.165) is 18.0 Å². The molecule has 0 saturated heterocycles. The van der Waals surface area contributed by atoms with Crippen LogP contribution in [0.15, 0.2) is 28.8 Å². The molecule has 1 N–H and O–H groups in total. The van der Waals surface area contributed by atoms with E-state index in [1.54, 1.807) is 0 Å². The summed E-state index contributed by atoms with van der Waals surface area (Å²) in [6.07, 6.45) is 0.898. The van der Waals surface area contributed by atoms with E-state index in [-0.39, 0.29) is 5.92 Å². The number of hydrogen-bond acceptors (Lipinski definition) is 5. The molecule has 0 fully saturated rings. The van der Waals surface area contributed by atoms with Crippen molar-refractivity contribution >= 4 is 0 Å². The first-order valence-electron chi connectivity index (χ1n) is 6.04. The van der Waals surface area contributed by atoms with Crippen molar-refractivity contribution in [2.45, 2.75) is 18.9 Å². The summed E-state index contributed by atoms with van der Waals surface area (Å²) in [6.45, 7) is 1.20. The summed E-state index contributed by atoms with van der Waals surface area (Å²) in [7, 11) is 1.85. The Balaban J connectivity index is 1.78. The Hall–Kier alpha value is -1.88. The predicted molar refractivity (Wildman–Crippen MR) is 65.4 cm³/mol. The lowest BCUT2D eigenvalue weighted by Crippen LogP contribution is -2.20. The van der Waals surface area contributed by atoms with Crippen LogP contribution in [-0.4, -0.2) is 23.8 Å². The average Bonchev–Trinajstić information content (AvgIpc) is 2.87. The van der Waals surface area contributed by atoms with Gasteiger partial charge in [-0.3, -0.25) is 0 Å². The second-order valence-electron chi connectivity index (χ2n) is 4.40. The second kappa shape index (κ2) is 4.78. The Bertz CT molecular complexity index is 539. The van der Waals surface area contributed by atoms with Crippen molar-refractivity contribution in [1.29, 1.82) is 0 Å². The summed E-state index contributed by atoms with van der Waals surface area (Å²) in [5.41, 5.74) is 1.20. The number of rotatable bonds is 3. The molecular formula is C13H15N3O2. The summed E-state index contributed by atoms with van der Waals surface area (Å²) in [4.78, 5) is 4.38. The highest BCUT2D eigenvalue weighted by Crippen LogP contribution is 2.30. The molecule has 2 heterocycles. The third-order valence-electron chi connectivity index (χ3n) is 3.06. The first-order valence-corrected chi connectivity index (χ1v) is 6.04. The molecule has 0 radical (unpaired) electrons. The number of ether oxygens (including phenoxy) is 1. The number of hydrogen-bond donors (Lipinski definition) is 1. The normalized spacial score (nSPS) is 18.2. The van der Waals surface area contributed by atoms with Gasteiger partial charge in [0.1, 0.15) is 5.75 Å². The van der Waals surface area contributed by atoms with Crippen LogP contribution in [0.5, 0.6) is 5.75 Å². The lowest BCUT2D eigenvalue weighted by atomic mass is 9.96. The van der Waals surface area contributed by atoms with Crippen molar-refractivity contribution in [1.82, 2.24) is 15.5 Å². The van der Waals surface area contributed by atoms with Crippen LogP contribution in [0.3, 0.4) is 0 Å². The van der Waals surface area contributed by atoms with Gasteiger partial charge in [-0.1, -0.05) is 23.4 Å². The molecule has 3 rings (SSSR count). The lowest BCUT2D eigenvalue weighted by molar-refractivity contribution is 0.253. The lowest BCUT2D eigenvalue weighted by Gasteiger charge is -2.22. The molecular weight excluding hydrogens is 230 g/mol. The van der Waals surface area contributed by atoms with E-state index < -0.39 is 0 Å². The van der Waals surface area contributed by atoms with E-state index in [0.29, 0.717) is 19.0 Å². The van der Waals surface area contributed by atoms with Gasteiger partial charge in [0, 0.05) is 0 Å².